The molecule has 2 aromatic rings. The topological polar surface area (TPSA) is 96.4 Å². The predicted octanol–water partition coefficient (Wildman–Crippen LogP) is 2.31. The molecule has 0 spiro atoms. The van der Waals surface area contributed by atoms with Gasteiger partial charge in [0.25, 0.3) is 0 Å². The van der Waals surface area contributed by atoms with Gasteiger partial charge in [0, 0.05) is 18.4 Å². The summed E-state index contributed by atoms with van der Waals surface area (Å²) < 4.78 is 27.7. The summed E-state index contributed by atoms with van der Waals surface area (Å²) in [5.41, 5.74) is 2.15. The molecule has 1 unspecified atom stereocenters. The first-order chi connectivity index (χ1) is 11.2. The average molecular weight is 348 g/mol. The van der Waals surface area contributed by atoms with Crippen LogP contribution in [0.4, 0.5) is 0 Å². The van der Waals surface area contributed by atoms with Crippen LogP contribution in [-0.2, 0) is 16.4 Å². The Hall–Kier alpha value is -2.25. The second kappa shape index (κ2) is 7.11. The van der Waals surface area contributed by atoms with Gasteiger partial charge in [0.2, 0.25) is 10.0 Å². The molecule has 1 heterocycles. The van der Waals surface area contributed by atoms with Gasteiger partial charge >= 0.3 is 5.97 Å². The van der Waals surface area contributed by atoms with Gasteiger partial charge in [-0.2, -0.15) is 0 Å². The fourth-order valence-corrected chi connectivity index (χ4v) is 3.80. The molecular weight excluding hydrogens is 328 g/mol. The fraction of sp³-hybridized carbons (Fsp3) is 0.294. The van der Waals surface area contributed by atoms with Crippen molar-refractivity contribution in [1.29, 1.82) is 0 Å². The summed E-state index contributed by atoms with van der Waals surface area (Å²) in [6.07, 6.45) is 3.82. The van der Waals surface area contributed by atoms with Gasteiger partial charge in [0.15, 0.2) is 0 Å². The van der Waals surface area contributed by atoms with Crippen LogP contribution in [-0.4, -0.2) is 30.5 Å². The molecule has 0 fully saturated rings. The molecule has 0 radical (unpaired) electrons. The fourth-order valence-electron chi connectivity index (χ4n) is 2.45. The van der Waals surface area contributed by atoms with Crippen LogP contribution in [0.5, 0.6) is 0 Å². The Balaban J connectivity index is 2.26. The highest BCUT2D eigenvalue weighted by molar-refractivity contribution is 7.89. The lowest BCUT2D eigenvalue weighted by Gasteiger charge is -2.16. The molecule has 2 N–H and O–H groups in total. The van der Waals surface area contributed by atoms with Crippen molar-refractivity contribution in [3.8, 4) is 0 Å². The summed E-state index contributed by atoms with van der Waals surface area (Å²) in [6.45, 7) is 5.12. The zero-order chi connectivity index (χ0) is 17.9. The maximum absolute atomic E-state index is 12.6. The summed E-state index contributed by atoms with van der Waals surface area (Å²) in [5.74, 6) is -1.14. The second-order valence-electron chi connectivity index (χ2n) is 5.80. The van der Waals surface area contributed by atoms with E-state index >= 15 is 0 Å². The van der Waals surface area contributed by atoms with Crippen LogP contribution in [0.15, 0.2) is 41.6 Å². The SMILES string of the molecule is Cc1cc(S(=O)(=O)NC(C)Cc2ccncc2)cc(C(=O)O)c1C. The lowest BCUT2D eigenvalue weighted by atomic mass is 10.0. The average Bonchev–Trinajstić information content (AvgIpc) is 2.49. The van der Waals surface area contributed by atoms with Crippen molar-refractivity contribution in [2.75, 3.05) is 0 Å². The van der Waals surface area contributed by atoms with Crippen molar-refractivity contribution >= 4 is 16.0 Å². The smallest absolute Gasteiger partial charge is 0.336 e. The molecule has 6 nitrogen and oxygen atoms in total. The molecule has 0 aliphatic heterocycles. The van der Waals surface area contributed by atoms with Crippen molar-refractivity contribution in [2.45, 2.75) is 38.1 Å². The minimum Gasteiger partial charge on any atom is -0.478 e. The molecule has 0 saturated heterocycles. The predicted molar refractivity (Wildman–Crippen MR) is 90.6 cm³/mol. The number of sulfonamides is 1. The number of carboxylic acid groups (broad SMARTS) is 1. The van der Waals surface area contributed by atoms with Gasteiger partial charge < -0.3 is 5.11 Å². The van der Waals surface area contributed by atoms with Crippen LogP contribution in [0.3, 0.4) is 0 Å². The Morgan fingerprint density at radius 3 is 2.46 bits per heavy atom. The maximum atomic E-state index is 12.6. The number of nitrogens with one attached hydrogen (secondary N) is 1. The van der Waals surface area contributed by atoms with Gasteiger partial charge in [-0.15, -0.1) is 0 Å². The quantitative estimate of drug-likeness (QED) is 0.835. The molecule has 0 aliphatic rings. The first kappa shape index (κ1) is 18.1. The molecule has 0 bridgehead atoms. The van der Waals surface area contributed by atoms with Crippen LogP contribution in [0.1, 0.15) is 34.0 Å². The number of benzene rings is 1. The van der Waals surface area contributed by atoms with Crippen molar-refractivity contribution in [1.82, 2.24) is 9.71 Å². The number of aromatic carboxylic acids is 1. The number of carbonyl (C=O) groups is 1. The van der Waals surface area contributed by atoms with E-state index in [1.165, 1.54) is 12.1 Å². The minimum absolute atomic E-state index is 0.00263. The van der Waals surface area contributed by atoms with Gasteiger partial charge in [-0.05, 0) is 68.1 Å². The molecule has 0 amide bonds. The van der Waals surface area contributed by atoms with E-state index in [0.717, 1.165) is 5.56 Å². The van der Waals surface area contributed by atoms with E-state index in [0.29, 0.717) is 17.5 Å². The Morgan fingerprint density at radius 2 is 1.88 bits per heavy atom. The Kier molecular flexibility index (Phi) is 5.36. The Morgan fingerprint density at radius 1 is 1.25 bits per heavy atom. The highest BCUT2D eigenvalue weighted by atomic mass is 32.2. The van der Waals surface area contributed by atoms with Crippen molar-refractivity contribution < 1.29 is 18.3 Å². The van der Waals surface area contributed by atoms with Crippen LogP contribution >= 0.6 is 0 Å². The Labute approximate surface area is 141 Å². The van der Waals surface area contributed by atoms with Gasteiger partial charge in [0.1, 0.15) is 0 Å². The summed E-state index contributed by atoms with van der Waals surface area (Å²) >= 11 is 0. The van der Waals surface area contributed by atoms with Gasteiger partial charge in [-0.25, -0.2) is 17.9 Å². The molecule has 2 rings (SSSR count). The highest BCUT2D eigenvalue weighted by Crippen LogP contribution is 2.20. The normalized spacial score (nSPS) is 12.8. The summed E-state index contributed by atoms with van der Waals surface area (Å²) in [5, 5.41) is 9.24. The molecule has 0 saturated carbocycles. The van der Waals surface area contributed by atoms with Crippen molar-refractivity contribution in [3.63, 3.8) is 0 Å². The van der Waals surface area contributed by atoms with Gasteiger partial charge in [-0.3, -0.25) is 4.98 Å². The van der Waals surface area contributed by atoms with E-state index in [2.05, 4.69) is 9.71 Å². The molecule has 1 aromatic carbocycles. The Bertz CT molecular complexity index is 848. The molecule has 1 aromatic heterocycles. The molecule has 24 heavy (non-hydrogen) atoms. The van der Waals surface area contributed by atoms with Crippen molar-refractivity contribution in [2.24, 2.45) is 0 Å². The number of aryl methyl sites for hydroxylation is 1. The third-order valence-electron chi connectivity index (χ3n) is 3.83. The molecule has 0 aliphatic carbocycles. The number of nitrogens with zero attached hydrogens (tertiary/aromatic N) is 1. The van der Waals surface area contributed by atoms with E-state index in [4.69, 9.17) is 0 Å². The van der Waals surface area contributed by atoms with Crippen LogP contribution in [0.25, 0.3) is 0 Å². The van der Waals surface area contributed by atoms with Gasteiger partial charge in [-0.1, -0.05) is 0 Å². The summed E-state index contributed by atoms with van der Waals surface area (Å²) in [7, 11) is -3.80. The number of rotatable bonds is 6. The van der Waals surface area contributed by atoms with E-state index in [1.807, 2.05) is 12.1 Å². The van der Waals surface area contributed by atoms with Crippen LogP contribution in [0.2, 0.25) is 0 Å². The van der Waals surface area contributed by atoms with E-state index in [1.54, 1.807) is 33.2 Å². The second-order valence-corrected chi connectivity index (χ2v) is 7.51. The first-order valence-electron chi connectivity index (χ1n) is 7.46. The lowest BCUT2D eigenvalue weighted by molar-refractivity contribution is 0.0695. The zero-order valence-electron chi connectivity index (χ0n) is 13.8. The van der Waals surface area contributed by atoms with Crippen LogP contribution < -0.4 is 4.72 Å². The third kappa shape index (κ3) is 4.18. The van der Waals surface area contributed by atoms with E-state index in [9.17, 15) is 18.3 Å². The van der Waals surface area contributed by atoms with Crippen molar-refractivity contribution in [3.05, 3.63) is 58.9 Å². The van der Waals surface area contributed by atoms with Gasteiger partial charge in [0.05, 0.1) is 10.5 Å². The minimum atomic E-state index is -3.80. The number of hydrogen-bond donors (Lipinski definition) is 2. The standard InChI is InChI=1S/C17H20N2O4S/c1-11-8-15(10-16(13(11)3)17(20)21)24(22,23)19-12(2)9-14-4-6-18-7-5-14/h4-8,10,12,19H,9H2,1-3H3,(H,20,21). The number of pyridine rings is 1. The maximum Gasteiger partial charge on any atom is 0.336 e. The largest absolute Gasteiger partial charge is 0.478 e. The summed E-state index contributed by atoms with van der Waals surface area (Å²) in [4.78, 5) is 15.2. The number of hydrogen-bond acceptors (Lipinski definition) is 4. The molecule has 7 heteroatoms. The molecule has 1 atom stereocenters. The molecular formula is C17H20N2O4S. The summed E-state index contributed by atoms with van der Waals surface area (Å²) in [6, 6.07) is 5.99. The first-order valence-corrected chi connectivity index (χ1v) is 8.95. The highest BCUT2D eigenvalue weighted by Gasteiger charge is 2.21. The number of carboxylic acids is 1. The number of aromatic nitrogens is 1. The zero-order valence-corrected chi connectivity index (χ0v) is 14.6. The lowest BCUT2D eigenvalue weighted by Crippen LogP contribution is -2.34. The molecule has 128 valence electrons. The third-order valence-corrected chi connectivity index (χ3v) is 5.40. The van der Waals surface area contributed by atoms with E-state index in [-0.39, 0.29) is 16.5 Å². The van der Waals surface area contributed by atoms with E-state index < -0.39 is 16.0 Å². The monoisotopic (exact) mass is 348 g/mol. The van der Waals surface area contributed by atoms with Crippen LogP contribution in [0, 0.1) is 13.8 Å².